The number of urea groups is 1. The number of carbonyl (C=O) groups excluding carboxylic acids is 3. The Morgan fingerprint density at radius 1 is 1.00 bits per heavy atom. The van der Waals surface area contributed by atoms with E-state index in [0.29, 0.717) is 18.1 Å². The van der Waals surface area contributed by atoms with Crippen molar-refractivity contribution in [3.63, 3.8) is 0 Å². The molecule has 0 aliphatic carbocycles. The lowest BCUT2D eigenvalue weighted by Gasteiger charge is -2.55. The van der Waals surface area contributed by atoms with E-state index < -0.39 is 12.2 Å². The number of hydrogen-bond donors (Lipinski definition) is 2. The molecule has 0 radical (unpaired) electrons. The van der Waals surface area contributed by atoms with Gasteiger partial charge in [-0.05, 0) is 47.4 Å². The Labute approximate surface area is 270 Å². The van der Waals surface area contributed by atoms with Gasteiger partial charge in [0.25, 0.3) is 0 Å². The van der Waals surface area contributed by atoms with Gasteiger partial charge in [0.05, 0.1) is 23.8 Å². The third-order valence-electron chi connectivity index (χ3n) is 8.04. The monoisotopic (exact) mass is 634 g/mol. The number of carbonyl (C=O) groups is 3. The van der Waals surface area contributed by atoms with Gasteiger partial charge >= 0.3 is 6.03 Å². The molecule has 2 aliphatic rings. The van der Waals surface area contributed by atoms with Gasteiger partial charge < -0.3 is 25.1 Å². The van der Waals surface area contributed by atoms with E-state index in [0.717, 1.165) is 28.8 Å². The molecule has 0 unspecified atom stereocenters. The smallest absolute Gasteiger partial charge is 0.334 e. The fourth-order valence-electron chi connectivity index (χ4n) is 5.92. The van der Waals surface area contributed by atoms with E-state index in [1.54, 1.807) is 44.1 Å². The summed E-state index contributed by atoms with van der Waals surface area (Å²) in [6.45, 7) is 3.27. The van der Waals surface area contributed by atoms with E-state index in [1.165, 1.54) is 0 Å². The van der Waals surface area contributed by atoms with E-state index in [1.807, 2.05) is 74.4 Å². The first-order valence-corrected chi connectivity index (χ1v) is 15.2. The van der Waals surface area contributed by atoms with Crippen LogP contribution in [0.4, 0.5) is 10.5 Å². The molecule has 2 atom stereocenters. The number of hydrazine groups is 1. The fraction of sp³-hybridized carbons (Fsp3) is 0.382. The molecule has 11 heteroatoms. The summed E-state index contributed by atoms with van der Waals surface area (Å²) in [6, 6.07) is 20.8. The Morgan fingerprint density at radius 2 is 1.69 bits per heavy atom. The summed E-state index contributed by atoms with van der Waals surface area (Å²) in [4.78, 5) is 47.1. The molecule has 0 saturated carbocycles. The third kappa shape index (κ3) is 7.51. The second-order valence-electron chi connectivity index (χ2n) is 11.4. The summed E-state index contributed by atoms with van der Waals surface area (Å²) in [5.41, 5.74) is 3.47. The minimum atomic E-state index is -0.834. The summed E-state index contributed by atoms with van der Waals surface area (Å²) >= 11 is 6.43. The van der Waals surface area contributed by atoms with Crippen LogP contribution in [-0.4, -0.2) is 88.7 Å². The summed E-state index contributed by atoms with van der Waals surface area (Å²) < 4.78 is 0. The molecule has 240 valence electrons. The maximum Gasteiger partial charge on any atom is 0.334 e. The van der Waals surface area contributed by atoms with E-state index >= 15 is 0 Å². The number of hydrogen-bond acceptors (Lipinski definition) is 6. The predicted molar refractivity (Wildman–Crippen MR) is 177 cm³/mol. The first-order chi connectivity index (χ1) is 21.2. The van der Waals surface area contributed by atoms with E-state index in [-0.39, 0.29) is 57.1 Å². The van der Waals surface area contributed by atoms with Gasteiger partial charge in [-0.3, -0.25) is 9.59 Å². The SMILES string of the molecule is C.CCCN1CC(=O)N2[C@@H](Cc3ccc(O)cc3)C(=O)N(Cc3ccc(Cl)c(N(C)C)c3)C[C@@H]2N1C(=O)NCc1ccccc1. The third-order valence-corrected chi connectivity index (χ3v) is 8.36. The number of rotatable bonds is 9. The molecule has 2 fully saturated rings. The van der Waals surface area contributed by atoms with Gasteiger partial charge in [0.15, 0.2) is 0 Å². The van der Waals surface area contributed by atoms with Crippen molar-refractivity contribution in [2.45, 2.75) is 52.5 Å². The van der Waals surface area contributed by atoms with Crippen molar-refractivity contribution >= 4 is 35.1 Å². The predicted octanol–water partition coefficient (Wildman–Crippen LogP) is 4.71. The van der Waals surface area contributed by atoms with E-state index in [9.17, 15) is 19.5 Å². The number of halogens is 1. The highest BCUT2D eigenvalue weighted by Gasteiger charge is 2.51. The molecule has 2 heterocycles. The van der Waals surface area contributed by atoms with Crippen molar-refractivity contribution in [2.24, 2.45) is 0 Å². The average Bonchev–Trinajstić information content (AvgIpc) is 3.00. The second-order valence-corrected chi connectivity index (χ2v) is 11.9. The minimum absolute atomic E-state index is 0. The lowest BCUT2D eigenvalue weighted by Crippen LogP contribution is -2.76. The standard InChI is InChI=1S/C33H39ClN6O4.CH4/c1-4-16-38-22-31(42)39-29(17-23-10-13-26(41)14-11-23)32(43)37(20-25-12-15-27(34)28(18-25)36(2)3)21-30(39)40(38)33(44)35-19-24-8-6-5-7-9-24;/h5-15,18,29-30,41H,4,16-17,19-22H2,1-3H3,(H,35,44);1H4/t29-,30-;/m0./s1. The summed E-state index contributed by atoms with van der Waals surface area (Å²) in [7, 11) is 3.81. The maximum atomic E-state index is 14.2. The van der Waals surface area contributed by atoms with Gasteiger partial charge in [0, 0.05) is 40.2 Å². The molecule has 2 saturated heterocycles. The maximum absolute atomic E-state index is 14.2. The highest BCUT2D eigenvalue weighted by molar-refractivity contribution is 6.33. The number of phenolic OH excluding ortho intramolecular Hbond substituents is 1. The molecule has 5 rings (SSSR count). The number of nitrogens with one attached hydrogen (secondary N) is 1. The number of benzene rings is 3. The van der Waals surface area contributed by atoms with Gasteiger partial charge in [-0.2, -0.15) is 0 Å². The highest BCUT2D eigenvalue weighted by Crippen LogP contribution is 2.31. The normalized spacial score (nSPS) is 18.4. The minimum Gasteiger partial charge on any atom is -0.508 e. The van der Waals surface area contributed by atoms with Crippen LogP contribution in [0, 0.1) is 0 Å². The van der Waals surface area contributed by atoms with Crippen LogP contribution >= 0.6 is 11.6 Å². The molecule has 0 spiro atoms. The van der Waals surface area contributed by atoms with Crippen LogP contribution < -0.4 is 10.2 Å². The van der Waals surface area contributed by atoms with Gasteiger partial charge in [0.1, 0.15) is 18.0 Å². The number of fused-ring (bicyclic) bond motifs is 1. The van der Waals surface area contributed by atoms with Crippen molar-refractivity contribution in [3.05, 3.63) is 94.5 Å². The van der Waals surface area contributed by atoms with E-state index in [2.05, 4.69) is 5.32 Å². The number of nitrogens with zero attached hydrogens (tertiary/aromatic N) is 5. The van der Waals surface area contributed by atoms with Crippen molar-refractivity contribution in [3.8, 4) is 5.75 Å². The van der Waals surface area contributed by atoms with Gasteiger partial charge in [0.2, 0.25) is 11.8 Å². The van der Waals surface area contributed by atoms with Crippen molar-refractivity contribution in [2.75, 3.05) is 38.6 Å². The summed E-state index contributed by atoms with van der Waals surface area (Å²) in [5.74, 6) is -0.278. The zero-order valence-corrected chi connectivity index (χ0v) is 26.1. The Balaban J connectivity index is 0.00000461. The van der Waals surface area contributed by atoms with Crippen molar-refractivity contribution < 1.29 is 19.5 Å². The molecule has 45 heavy (non-hydrogen) atoms. The quantitative estimate of drug-likeness (QED) is 0.354. The fourth-order valence-corrected chi connectivity index (χ4v) is 6.20. The largest absolute Gasteiger partial charge is 0.508 e. The zero-order valence-electron chi connectivity index (χ0n) is 25.3. The summed E-state index contributed by atoms with van der Waals surface area (Å²) in [5, 5.41) is 16.9. The van der Waals surface area contributed by atoms with Crippen LogP contribution in [0.1, 0.15) is 37.5 Å². The second kappa shape index (κ2) is 14.7. The average molecular weight is 635 g/mol. The number of amides is 4. The van der Waals surface area contributed by atoms with Crippen molar-refractivity contribution in [1.29, 1.82) is 0 Å². The first-order valence-electron chi connectivity index (χ1n) is 14.9. The Bertz CT molecular complexity index is 1490. The molecule has 0 aromatic heterocycles. The molecular formula is C34H43ClN6O4. The van der Waals surface area contributed by atoms with E-state index in [4.69, 9.17) is 11.6 Å². The molecular weight excluding hydrogens is 592 g/mol. The van der Waals surface area contributed by atoms with Gasteiger partial charge in [-0.25, -0.2) is 14.8 Å². The summed E-state index contributed by atoms with van der Waals surface area (Å²) in [6.07, 6.45) is 0.272. The van der Waals surface area contributed by atoms with Crippen LogP contribution in [0.25, 0.3) is 0 Å². The molecule has 2 aliphatic heterocycles. The molecule has 3 aromatic carbocycles. The first kappa shape index (κ1) is 33.6. The number of anilines is 1. The molecule has 0 bridgehead atoms. The van der Waals surface area contributed by atoms with Crippen LogP contribution in [0.15, 0.2) is 72.8 Å². The Kier molecular flexibility index (Phi) is 11.0. The number of phenols is 1. The Morgan fingerprint density at radius 3 is 2.36 bits per heavy atom. The number of aromatic hydroxyl groups is 1. The van der Waals surface area contributed by atoms with Crippen LogP contribution in [0.5, 0.6) is 5.75 Å². The highest BCUT2D eigenvalue weighted by atomic mass is 35.5. The topological polar surface area (TPSA) is 99.7 Å². The molecule has 10 nitrogen and oxygen atoms in total. The van der Waals surface area contributed by atoms with Gasteiger partial charge in [-0.15, -0.1) is 0 Å². The lowest BCUT2D eigenvalue weighted by atomic mass is 9.98. The molecule has 4 amide bonds. The van der Waals surface area contributed by atoms with Crippen LogP contribution in [0.3, 0.4) is 0 Å². The van der Waals surface area contributed by atoms with Gasteiger partial charge in [-0.1, -0.05) is 74.5 Å². The molecule has 2 N–H and O–H groups in total. The van der Waals surface area contributed by atoms with Crippen molar-refractivity contribution in [1.82, 2.24) is 25.1 Å². The number of piperazine rings is 1. The Hall–Kier alpha value is -4.28. The zero-order chi connectivity index (χ0) is 31.4. The van der Waals surface area contributed by atoms with Crippen LogP contribution in [-0.2, 0) is 29.1 Å². The lowest BCUT2D eigenvalue weighted by molar-refractivity contribution is -0.190. The van der Waals surface area contributed by atoms with Crippen LogP contribution in [0.2, 0.25) is 5.02 Å². The molecule has 3 aromatic rings.